The van der Waals surface area contributed by atoms with Crippen LogP contribution in [0.4, 0.5) is 0 Å². The summed E-state index contributed by atoms with van der Waals surface area (Å²) in [6, 6.07) is 7.75. The SMILES string of the molecule is O=C1c2ccccc2[C@]2(S)CC=CCN12. The number of carbonyl (C=O) groups excluding carboxylic acids is 1. The van der Waals surface area contributed by atoms with Crippen LogP contribution >= 0.6 is 12.6 Å². The van der Waals surface area contributed by atoms with Gasteiger partial charge in [-0.05, 0) is 6.07 Å². The van der Waals surface area contributed by atoms with Crippen molar-refractivity contribution in [3.8, 4) is 0 Å². The molecule has 0 N–H and O–H groups in total. The Balaban J connectivity index is 2.24. The molecular weight excluding hydrogens is 206 g/mol. The molecule has 0 fully saturated rings. The summed E-state index contributed by atoms with van der Waals surface area (Å²) < 4.78 is 0. The smallest absolute Gasteiger partial charge is 0.255 e. The van der Waals surface area contributed by atoms with Gasteiger partial charge in [0, 0.05) is 24.1 Å². The van der Waals surface area contributed by atoms with Gasteiger partial charge in [0.15, 0.2) is 0 Å². The van der Waals surface area contributed by atoms with Gasteiger partial charge in [-0.15, -0.1) is 12.6 Å². The zero-order valence-electron chi connectivity index (χ0n) is 8.18. The predicted molar refractivity (Wildman–Crippen MR) is 61.9 cm³/mol. The number of hydrogen-bond donors (Lipinski definition) is 1. The van der Waals surface area contributed by atoms with Gasteiger partial charge in [-0.25, -0.2) is 0 Å². The van der Waals surface area contributed by atoms with E-state index in [1.807, 2.05) is 35.2 Å². The molecule has 0 aromatic heterocycles. The molecule has 0 bridgehead atoms. The van der Waals surface area contributed by atoms with Crippen molar-refractivity contribution >= 4 is 18.5 Å². The van der Waals surface area contributed by atoms with Crippen LogP contribution in [0.3, 0.4) is 0 Å². The fraction of sp³-hybridized carbons (Fsp3) is 0.250. The lowest BCUT2D eigenvalue weighted by Crippen LogP contribution is -2.41. The Kier molecular flexibility index (Phi) is 1.74. The Hall–Kier alpha value is -1.22. The van der Waals surface area contributed by atoms with E-state index >= 15 is 0 Å². The van der Waals surface area contributed by atoms with Gasteiger partial charge < -0.3 is 4.90 Å². The molecular formula is C12H11NOS. The van der Waals surface area contributed by atoms with Crippen molar-refractivity contribution in [3.05, 3.63) is 47.5 Å². The Morgan fingerprint density at radius 2 is 2.07 bits per heavy atom. The molecule has 76 valence electrons. The molecule has 2 nitrogen and oxygen atoms in total. The van der Waals surface area contributed by atoms with E-state index in [1.54, 1.807) is 0 Å². The van der Waals surface area contributed by atoms with Gasteiger partial charge in [-0.2, -0.15) is 0 Å². The molecule has 2 heterocycles. The Labute approximate surface area is 94.0 Å². The van der Waals surface area contributed by atoms with Crippen molar-refractivity contribution in [2.24, 2.45) is 0 Å². The number of carbonyl (C=O) groups is 1. The highest BCUT2D eigenvalue weighted by atomic mass is 32.1. The number of hydrogen-bond acceptors (Lipinski definition) is 2. The maximum Gasteiger partial charge on any atom is 0.255 e. The Morgan fingerprint density at radius 1 is 1.27 bits per heavy atom. The van der Waals surface area contributed by atoms with Gasteiger partial charge in [0.2, 0.25) is 0 Å². The molecule has 1 atom stereocenters. The van der Waals surface area contributed by atoms with E-state index in [1.165, 1.54) is 0 Å². The van der Waals surface area contributed by atoms with Crippen LogP contribution in [0, 0.1) is 0 Å². The van der Waals surface area contributed by atoms with Crippen LogP contribution in [0.15, 0.2) is 36.4 Å². The van der Waals surface area contributed by atoms with Crippen molar-refractivity contribution < 1.29 is 4.79 Å². The lowest BCUT2D eigenvalue weighted by atomic mass is 10.00. The molecule has 0 saturated heterocycles. The van der Waals surface area contributed by atoms with Crippen LogP contribution < -0.4 is 0 Å². The van der Waals surface area contributed by atoms with E-state index in [9.17, 15) is 4.79 Å². The molecule has 0 unspecified atom stereocenters. The van der Waals surface area contributed by atoms with E-state index < -0.39 is 4.87 Å². The van der Waals surface area contributed by atoms with Crippen molar-refractivity contribution in [2.45, 2.75) is 11.3 Å². The van der Waals surface area contributed by atoms with E-state index in [4.69, 9.17) is 12.6 Å². The molecule has 2 aliphatic rings. The summed E-state index contributed by atoms with van der Waals surface area (Å²) in [6.07, 6.45) is 4.91. The normalized spacial score (nSPS) is 27.8. The molecule has 0 spiro atoms. The molecule has 3 rings (SSSR count). The highest BCUT2D eigenvalue weighted by Crippen LogP contribution is 2.46. The second-order valence-electron chi connectivity index (χ2n) is 3.95. The summed E-state index contributed by atoms with van der Waals surface area (Å²) >= 11 is 4.70. The predicted octanol–water partition coefficient (Wildman–Crippen LogP) is 2.18. The minimum absolute atomic E-state index is 0.102. The topological polar surface area (TPSA) is 20.3 Å². The van der Waals surface area contributed by atoms with Crippen LogP contribution in [0.1, 0.15) is 22.3 Å². The fourth-order valence-corrected chi connectivity index (χ4v) is 2.83. The first-order valence-electron chi connectivity index (χ1n) is 5.02. The van der Waals surface area contributed by atoms with Gasteiger partial charge in [-0.3, -0.25) is 4.79 Å². The Morgan fingerprint density at radius 3 is 2.93 bits per heavy atom. The van der Waals surface area contributed by atoms with Crippen LogP contribution in [0.5, 0.6) is 0 Å². The number of nitrogens with zero attached hydrogens (tertiary/aromatic N) is 1. The summed E-state index contributed by atoms with van der Waals surface area (Å²) in [5, 5.41) is 0. The first-order valence-corrected chi connectivity index (χ1v) is 5.47. The average molecular weight is 217 g/mol. The molecule has 3 heteroatoms. The quantitative estimate of drug-likeness (QED) is 0.521. The first kappa shape index (κ1) is 9.04. The maximum atomic E-state index is 12.1. The molecule has 0 aliphatic carbocycles. The summed E-state index contributed by atoms with van der Waals surface area (Å²) in [5.41, 5.74) is 1.85. The van der Waals surface area contributed by atoms with E-state index in [0.29, 0.717) is 6.54 Å². The summed E-state index contributed by atoms with van der Waals surface area (Å²) in [6.45, 7) is 0.664. The zero-order chi connectivity index (χ0) is 10.5. The molecule has 2 aliphatic heterocycles. The molecule has 1 aromatic rings. The second-order valence-corrected chi connectivity index (χ2v) is 4.69. The van der Waals surface area contributed by atoms with Gasteiger partial charge in [-0.1, -0.05) is 30.4 Å². The third kappa shape index (κ3) is 1.04. The third-order valence-electron chi connectivity index (χ3n) is 3.14. The highest BCUT2D eigenvalue weighted by Gasteiger charge is 2.46. The minimum Gasteiger partial charge on any atom is -0.316 e. The number of thiol groups is 1. The molecule has 1 aromatic carbocycles. The number of amides is 1. The van der Waals surface area contributed by atoms with Gasteiger partial charge >= 0.3 is 0 Å². The largest absolute Gasteiger partial charge is 0.316 e. The van der Waals surface area contributed by atoms with Crippen molar-refractivity contribution in [1.29, 1.82) is 0 Å². The average Bonchev–Trinajstić information content (AvgIpc) is 2.50. The number of rotatable bonds is 0. The monoisotopic (exact) mass is 217 g/mol. The lowest BCUT2D eigenvalue weighted by Gasteiger charge is -2.36. The van der Waals surface area contributed by atoms with E-state index in [2.05, 4.69) is 6.08 Å². The summed E-state index contributed by atoms with van der Waals surface area (Å²) in [4.78, 5) is 13.5. The van der Waals surface area contributed by atoms with Gasteiger partial charge in [0.05, 0.1) is 0 Å². The van der Waals surface area contributed by atoms with Crippen molar-refractivity contribution in [1.82, 2.24) is 4.90 Å². The zero-order valence-corrected chi connectivity index (χ0v) is 9.08. The van der Waals surface area contributed by atoms with Crippen molar-refractivity contribution in [2.75, 3.05) is 6.54 Å². The third-order valence-corrected chi connectivity index (χ3v) is 3.80. The van der Waals surface area contributed by atoms with E-state index in [-0.39, 0.29) is 5.91 Å². The second kappa shape index (κ2) is 2.89. The fourth-order valence-electron chi connectivity index (χ4n) is 2.36. The minimum atomic E-state index is -0.414. The molecule has 1 amide bonds. The standard InChI is InChI=1S/C12H11NOS/c14-11-9-5-1-2-6-10(9)12(15)7-3-4-8-13(11)12/h1-6,15H,7-8H2/t12-/m1/s1. The number of fused-ring (bicyclic) bond motifs is 3. The van der Waals surface area contributed by atoms with Crippen molar-refractivity contribution in [3.63, 3.8) is 0 Å². The van der Waals surface area contributed by atoms with Gasteiger partial charge in [0.25, 0.3) is 5.91 Å². The van der Waals surface area contributed by atoms with Crippen LogP contribution in [-0.4, -0.2) is 17.4 Å². The maximum absolute atomic E-state index is 12.1. The van der Waals surface area contributed by atoms with E-state index in [0.717, 1.165) is 17.5 Å². The highest BCUT2D eigenvalue weighted by molar-refractivity contribution is 7.81. The van der Waals surface area contributed by atoms with Crippen LogP contribution in [-0.2, 0) is 4.87 Å². The van der Waals surface area contributed by atoms with Gasteiger partial charge in [0.1, 0.15) is 4.87 Å². The lowest BCUT2D eigenvalue weighted by molar-refractivity contribution is 0.0711. The van der Waals surface area contributed by atoms with Crippen LogP contribution in [0.2, 0.25) is 0 Å². The Bertz CT molecular complexity index is 468. The summed E-state index contributed by atoms with van der Waals surface area (Å²) in [7, 11) is 0. The first-order chi connectivity index (χ1) is 7.23. The molecule has 0 saturated carbocycles. The number of benzene rings is 1. The van der Waals surface area contributed by atoms with Crippen LogP contribution in [0.25, 0.3) is 0 Å². The summed E-state index contributed by atoms with van der Waals surface area (Å²) in [5.74, 6) is 0.102. The molecule has 0 radical (unpaired) electrons. The molecule has 15 heavy (non-hydrogen) atoms.